The predicted molar refractivity (Wildman–Crippen MR) is 87.9 cm³/mol. The van der Waals surface area contributed by atoms with E-state index >= 15 is 0 Å². The quantitative estimate of drug-likeness (QED) is 0.876. The summed E-state index contributed by atoms with van der Waals surface area (Å²) < 4.78 is 5.33. The Bertz CT molecular complexity index is 482. The number of nitrogens with zero attached hydrogens (tertiary/aromatic N) is 2. The van der Waals surface area contributed by atoms with Crippen LogP contribution in [0.2, 0.25) is 0 Å². The van der Waals surface area contributed by atoms with Crippen molar-refractivity contribution in [3.8, 4) is 0 Å². The molecule has 21 heavy (non-hydrogen) atoms. The van der Waals surface area contributed by atoms with Gasteiger partial charge < -0.3 is 15.0 Å². The van der Waals surface area contributed by atoms with Crippen LogP contribution in [0.15, 0.2) is 0 Å². The van der Waals surface area contributed by atoms with Crippen molar-refractivity contribution in [2.45, 2.75) is 58.7 Å². The maximum atomic E-state index is 5.33. The van der Waals surface area contributed by atoms with Gasteiger partial charge in [-0.2, -0.15) is 0 Å². The van der Waals surface area contributed by atoms with Crippen LogP contribution in [0.3, 0.4) is 0 Å². The van der Waals surface area contributed by atoms with Crippen LogP contribution in [-0.4, -0.2) is 31.2 Å². The van der Waals surface area contributed by atoms with Crippen LogP contribution < -0.4 is 10.2 Å². The fraction of sp³-hybridized carbons (Fsp3) is 0.812. The topological polar surface area (TPSA) is 37.4 Å². The molecule has 2 fully saturated rings. The van der Waals surface area contributed by atoms with Crippen LogP contribution in [-0.2, 0) is 17.9 Å². The van der Waals surface area contributed by atoms with Gasteiger partial charge in [-0.25, -0.2) is 4.98 Å². The summed E-state index contributed by atoms with van der Waals surface area (Å²) in [5.41, 5.74) is 1.52. The minimum Gasteiger partial charge on any atom is -0.378 e. The normalized spacial score (nSPS) is 21.8. The summed E-state index contributed by atoms with van der Waals surface area (Å²) in [6, 6.07) is 0.736. The van der Waals surface area contributed by atoms with E-state index in [0.717, 1.165) is 31.4 Å². The second kappa shape index (κ2) is 6.23. The number of nitrogens with one attached hydrogen (secondary N) is 1. The number of rotatable bonds is 6. The minimum atomic E-state index is 0.401. The average Bonchev–Trinajstić information content (AvgIpc) is 3.17. The molecule has 2 aliphatic rings. The summed E-state index contributed by atoms with van der Waals surface area (Å²) in [5.74, 6) is 0. The molecular formula is C16H27N3OS. The summed E-state index contributed by atoms with van der Waals surface area (Å²) in [4.78, 5) is 8.68. The van der Waals surface area contributed by atoms with E-state index in [1.165, 1.54) is 35.7 Å². The number of piperidine rings is 1. The Morgan fingerprint density at radius 1 is 1.43 bits per heavy atom. The highest BCUT2D eigenvalue weighted by Crippen LogP contribution is 2.35. The highest BCUT2D eigenvalue weighted by molar-refractivity contribution is 7.15. The molecule has 0 amide bonds. The third-order valence-electron chi connectivity index (χ3n) is 4.35. The Labute approximate surface area is 131 Å². The van der Waals surface area contributed by atoms with Crippen molar-refractivity contribution in [3.05, 3.63) is 10.6 Å². The minimum absolute atomic E-state index is 0.401. The van der Waals surface area contributed by atoms with Gasteiger partial charge in [0, 0.05) is 37.7 Å². The molecule has 0 aromatic carbocycles. The summed E-state index contributed by atoms with van der Waals surface area (Å²) >= 11 is 1.85. The van der Waals surface area contributed by atoms with Gasteiger partial charge in [0.25, 0.3) is 0 Å². The van der Waals surface area contributed by atoms with Crippen LogP contribution in [0, 0.1) is 5.41 Å². The summed E-state index contributed by atoms with van der Waals surface area (Å²) in [6.45, 7) is 8.53. The third kappa shape index (κ3) is 3.96. The molecule has 1 aromatic heterocycles. The van der Waals surface area contributed by atoms with Gasteiger partial charge in [0.15, 0.2) is 5.13 Å². The van der Waals surface area contributed by atoms with Crippen LogP contribution in [0.1, 0.15) is 50.1 Å². The molecule has 1 saturated carbocycles. The first kappa shape index (κ1) is 15.3. The smallest absolute Gasteiger partial charge is 0.185 e. The first-order valence-electron chi connectivity index (χ1n) is 8.03. The molecule has 5 heteroatoms. The zero-order valence-corrected chi connectivity index (χ0v) is 14.3. The van der Waals surface area contributed by atoms with Crippen molar-refractivity contribution in [1.82, 2.24) is 10.3 Å². The monoisotopic (exact) mass is 309 g/mol. The van der Waals surface area contributed by atoms with E-state index in [1.54, 1.807) is 7.11 Å². The zero-order valence-electron chi connectivity index (χ0n) is 13.4. The number of anilines is 1. The third-order valence-corrected chi connectivity index (χ3v) is 5.51. The van der Waals surface area contributed by atoms with E-state index in [9.17, 15) is 0 Å². The van der Waals surface area contributed by atoms with Gasteiger partial charge in [-0.15, -0.1) is 11.3 Å². The first-order valence-corrected chi connectivity index (χ1v) is 8.85. The molecule has 1 aromatic rings. The second-order valence-corrected chi connectivity index (χ2v) is 8.21. The van der Waals surface area contributed by atoms with Gasteiger partial charge in [-0.3, -0.25) is 0 Å². The van der Waals surface area contributed by atoms with Crippen molar-refractivity contribution < 1.29 is 4.74 Å². The van der Waals surface area contributed by atoms with Crippen LogP contribution in [0.5, 0.6) is 0 Å². The molecule has 1 aliphatic heterocycles. The second-order valence-electron chi connectivity index (χ2n) is 7.14. The van der Waals surface area contributed by atoms with E-state index < -0.39 is 0 Å². The van der Waals surface area contributed by atoms with E-state index in [-0.39, 0.29) is 0 Å². The van der Waals surface area contributed by atoms with Crippen molar-refractivity contribution >= 4 is 16.5 Å². The molecule has 118 valence electrons. The van der Waals surface area contributed by atoms with Crippen LogP contribution in [0.25, 0.3) is 0 Å². The Balaban J connectivity index is 1.72. The molecule has 1 N–H and O–H groups in total. The summed E-state index contributed by atoms with van der Waals surface area (Å²) in [5, 5.41) is 4.78. The van der Waals surface area contributed by atoms with Crippen molar-refractivity contribution in [3.63, 3.8) is 0 Å². The van der Waals surface area contributed by atoms with E-state index in [2.05, 4.69) is 24.1 Å². The maximum absolute atomic E-state index is 5.33. The molecule has 2 heterocycles. The SMILES string of the molecule is COCc1nc(N2CCCC(C)(C)C2)sc1CNC1CC1. The molecule has 1 saturated heterocycles. The van der Waals surface area contributed by atoms with E-state index in [1.807, 2.05) is 11.3 Å². The van der Waals surface area contributed by atoms with E-state index in [0.29, 0.717) is 12.0 Å². The molecule has 4 nitrogen and oxygen atoms in total. The lowest BCUT2D eigenvalue weighted by molar-refractivity contribution is 0.181. The molecule has 0 bridgehead atoms. The molecule has 0 radical (unpaired) electrons. The van der Waals surface area contributed by atoms with Crippen LogP contribution in [0.4, 0.5) is 5.13 Å². The first-order chi connectivity index (χ1) is 10.1. The predicted octanol–water partition coefficient (Wildman–Crippen LogP) is 3.17. The Morgan fingerprint density at radius 3 is 2.90 bits per heavy atom. The van der Waals surface area contributed by atoms with Gasteiger partial charge in [0.05, 0.1) is 12.3 Å². The van der Waals surface area contributed by atoms with Gasteiger partial charge in [0.2, 0.25) is 0 Å². The molecule has 0 atom stereocenters. The molecule has 0 spiro atoms. The van der Waals surface area contributed by atoms with Crippen LogP contribution >= 0.6 is 11.3 Å². The number of hydrogen-bond acceptors (Lipinski definition) is 5. The van der Waals surface area contributed by atoms with E-state index in [4.69, 9.17) is 9.72 Å². The average molecular weight is 309 g/mol. The Morgan fingerprint density at radius 2 is 2.24 bits per heavy atom. The number of aromatic nitrogens is 1. The number of ether oxygens (including phenoxy) is 1. The number of methoxy groups -OCH3 is 1. The number of hydrogen-bond donors (Lipinski definition) is 1. The summed E-state index contributed by atoms with van der Waals surface area (Å²) in [6.07, 6.45) is 5.23. The Hall–Kier alpha value is -0.650. The maximum Gasteiger partial charge on any atom is 0.185 e. The Kier molecular flexibility index (Phi) is 4.52. The fourth-order valence-corrected chi connectivity index (χ4v) is 4.04. The standard InChI is InChI=1S/C16H27N3OS/c1-16(2)7-4-8-19(11-16)15-18-13(10-20-3)14(21-15)9-17-12-5-6-12/h12,17H,4-11H2,1-3H3. The highest BCUT2D eigenvalue weighted by atomic mass is 32.1. The van der Waals surface area contributed by atoms with Crippen molar-refractivity contribution in [1.29, 1.82) is 0 Å². The van der Waals surface area contributed by atoms with Crippen molar-refractivity contribution in [2.24, 2.45) is 5.41 Å². The lowest BCUT2D eigenvalue weighted by atomic mass is 9.84. The summed E-state index contributed by atoms with van der Waals surface area (Å²) in [7, 11) is 1.75. The van der Waals surface area contributed by atoms with Gasteiger partial charge in [0.1, 0.15) is 0 Å². The largest absolute Gasteiger partial charge is 0.378 e. The zero-order chi connectivity index (χ0) is 14.9. The van der Waals surface area contributed by atoms with Gasteiger partial charge in [-0.05, 0) is 31.1 Å². The van der Waals surface area contributed by atoms with Gasteiger partial charge in [-0.1, -0.05) is 13.8 Å². The highest BCUT2D eigenvalue weighted by Gasteiger charge is 2.29. The molecule has 0 unspecified atom stereocenters. The van der Waals surface area contributed by atoms with Crippen molar-refractivity contribution in [2.75, 3.05) is 25.1 Å². The van der Waals surface area contributed by atoms with Gasteiger partial charge >= 0.3 is 0 Å². The molecule has 1 aliphatic carbocycles. The molecule has 3 rings (SSSR count). The molecular weight excluding hydrogens is 282 g/mol. The fourth-order valence-electron chi connectivity index (χ4n) is 3.00. The number of thiazole rings is 1. The lowest BCUT2D eigenvalue weighted by Crippen LogP contribution is -2.40. The lowest BCUT2D eigenvalue weighted by Gasteiger charge is -2.37.